The van der Waals surface area contributed by atoms with Crippen LogP contribution in [0.15, 0.2) is 0 Å². The number of carbonyl (C=O) groups is 7. The molecule has 9 N–H and O–H groups in total. The number of carboxylic acids is 2. The molecule has 0 saturated heterocycles. The van der Waals surface area contributed by atoms with Crippen molar-refractivity contribution in [1.82, 2.24) is 16.0 Å². The van der Waals surface area contributed by atoms with Crippen LogP contribution in [0.2, 0.25) is 0 Å². The smallest absolute Gasteiger partial charge is 0.326 e. The van der Waals surface area contributed by atoms with Crippen LogP contribution in [0.3, 0.4) is 0 Å². The van der Waals surface area contributed by atoms with E-state index in [9.17, 15) is 33.2 Å². The molecule has 0 fully saturated rings. The van der Waals surface area contributed by atoms with Gasteiger partial charge in [-0.3, -0.25) is 28.8 Å². The van der Waals surface area contributed by atoms with Crippen molar-refractivity contribution >= 4 is 41.6 Å². The number of carbonyl (C=O) groups excluding carboxylic acids is 5. The quantitative estimate of drug-likeness (QED) is 0.123. The fraction of sp³-hybridized carbons (Fsp3) is 0.682. The van der Waals surface area contributed by atoms with Gasteiger partial charge in [-0.15, -0.1) is 0 Å². The van der Waals surface area contributed by atoms with Gasteiger partial charge >= 0.3 is 11.9 Å². The van der Waals surface area contributed by atoms with Crippen molar-refractivity contribution in [3.63, 3.8) is 0 Å². The van der Waals surface area contributed by atoms with Gasteiger partial charge in [0.1, 0.15) is 18.1 Å². The second-order valence-corrected chi connectivity index (χ2v) is 8.68. The topological polar surface area (TPSA) is 248 Å². The van der Waals surface area contributed by atoms with Crippen molar-refractivity contribution < 1.29 is 48.2 Å². The average molecular weight is 536 g/mol. The van der Waals surface area contributed by atoms with Crippen LogP contribution in [0.5, 0.6) is 0 Å². The minimum absolute atomic E-state index is 0.149. The minimum atomic E-state index is -1.70. The van der Waals surface area contributed by atoms with E-state index in [1.807, 2.05) is 0 Å². The van der Waals surface area contributed by atoms with Crippen LogP contribution in [0, 0.1) is 11.8 Å². The molecule has 0 heterocycles. The summed E-state index contributed by atoms with van der Waals surface area (Å²) in [4.78, 5) is 80.1. The highest BCUT2D eigenvalue weighted by molar-refractivity contribution is 5.95. The molecule has 0 aliphatic carbocycles. The Morgan fingerprint density at radius 3 is 1.73 bits per heavy atom. The normalized spacial score (nSPS) is 14.5. The highest BCUT2D eigenvalue weighted by Crippen LogP contribution is 2.11. The lowest BCUT2D eigenvalue weighted by Gasteiger charge is -2.28. The zero-order chi connectivity index (χ0) is 29.5. The number of hydrogen-bond donors (Lipinski definition) is 7. The van der Waals surface area contributed by atoms with Gasteiger partial charge in [0.05, 0.1) is 12.5 Å². The summed E-state index contributed by atoms with van der Waals surface area (Å²) in [6.07, 6.45) is -0.823. The second kappa shape index (κ2) is 17.8. The molecule has 0 unspecified atom stereocenters. The molecule has 0 radical (unpaired) electrons. The number of amides is 4. The number of aliphatic carboxylic acids is 2. The van der Waals surface area contributed by atoms with E-state index in [-0.39, 0.29) is 18.8 Å². The summed E-state index contributed by atoms with van der Waals surface area (Å²) >= 11 is 0. The molecule has 15 heteroatoms. The van der Waals surface area contributed by atoms with E-state index in [4.69, 9.17) is 26.5 Å². The summed E-state index contributed by atoms with van der Waals surface area (Å²) in [5.74, 6) is -6.71. The van der Waals surface area contributed by atoms with Crippen LogP contribution >= 0.6 is 0 Å². The molecular formula is C22H38FN5O9. The zero-order valence-corrected chi connectivity index (χ0v) is 21.6. The molecule has 212 valence electrons. The maximum atomic E-state index is 12.9. The van der Waals surface area contributed by atoms with Crippen LogP contribution in [0.1, 0.15) is 60.3 Å². The second-order valence-electron chi connectivity index (χ2n) is 8.68. The summed E-state index contributed by atoms with van der Waals surface area (Å²) in [6, 6.07) is -6.42. The van der Waals surface area contributed by atoms with Crippen LogP contribution in [-0.4, -0.2) is 76.0 Å². The van der Waals surface area contributed by atoms with Crippen molar-refractivity contribution in [1.29, 1.82) is 0 Å². The molecule has 0 saturated carbocycles. The number of hydrogen-bond acceptors (Lipinski definition) is 8. The zero-order valence-electron chi connectivity index (χ0n) is 21.6. The van der Waals surface area contributed by atoms with E-state index in [0.29, 0.717) is 6.42 Å². The van der Waals surface area contributed by atoms with E-state index in [2.05, 4.69) is 16.0 Å². The molecular weight excluding hydrogens is 497 g/mol. The molecule has 0 bridgehead atoms. The van der Waals surface area contributed by atoms with E-state index in [0.717, 1.165) is 6.92 Å². The van der Waals surface area contributed by atoms with Gasteiger partial charge in [-0.05, 0) is 18.3 Å². The molecule has 5 atom stereocenters. The van der Waals surface area contributed by atoms with Gasteiger partial charge < -0.3 is 37.6 Å². The number of nitrogens with one attached hydrogen (secondary N) is 3. The van der Waals surface area contributed by atoms with Gasteiger partial charge in [0.25, 0.3) is 6.04 Å². The summed E-state index contributed by atoms with van der Waals surface area (Å²) in [6.45, 7) is 7.64. The fourth-order valence-electron chi connectivity index (χ4n) is 2.72. The molecule has 0 spiro atoms. The van der Waals surface area contributed by atoms with Crippen LogP contribution in [0.25, 0.3) is 0 Å². The van der Waals surface area contributed by atoms with Crippen molar-refractivity contribution in [3.8, 4) is 0 Å². The van der Waals surface area contributed by atoms with E-state index >= 15 is 0 Å². The molecule has 0 aromatic heterocycles. The predicted molar refractivity (Wildman–Crippen MR) is 128 cm³/mol. The Morgan fingerprint density at radius 1 is 0.865 bits per heavy atom. The lowest BCUT2D eigenvalue weighted by Crippen LogP contribution is -2.59. The van der Waals surface area contributed by atoms with E-state index < -0.39 is 78.1 Å². The Hall–Kier alpha value is -3.62. The molecule has 14 nitrogen and oxygen atoms in total. The van der Waals surface area contributed by atoms with Gasteiger partial charge in [0, 0.05) is 13.3 Å². The summed E-state index contributed by atoms with van der Waals surface area (Å²) in [7, 11) is 0. The first-order valence-corrected chi connectivity index (χ1v) is 11.5. The minimum Gasteiger partial charge on any atom is -0.481 e. The number of carboxylic acid groups (broad SMARTS) is 2. The lowest BCUT2D eigenvalue weighted by atomic mass is 9.96. The van der Waals surface area contributed by atoms with Gasteiger partial charge in [0.2, 0.25) is 23.6 Å². The highest BCUT2D eigenvalue weighted by atomic mass is 19.1. The molecule has 0 aliphatic rings. The number of halogens is 1. The van der Waals surface area contributed by atoms with Crippen LogP contribution in [-0.2, 0) is 33.6 Å². The first kappa shape index (κ1) is 35.5. The Bertz CT molecular complexity index is 833. The first-order chi connectivity index (χ1) is 16.9. The first-order valence-electron chi connectivity index (χ1n) is 11.5. The SMILES string of the molecule is CC(=O)F.CC[C@H](C)[C@H](NC(=O)[C@H](CCC(N)=O)NC(=O)[C@@H](N)C(C)C)C(=O)N[C@@H](CC(=O)O)C(=O)O. The molecule has 0 aliphatic heterocycles. The Labute approximate surface area is 214 Å². The molecule has 0 aromatic carbocycles. The largest absolute Gasteiger partial charge is 0.481 e. The monoisotopic (exact) mass is 535 g/mol. The molecule has 4 amide bonds. The standard InChI is InChI=1S/C20H35N5O8.C2H3FO/c1-5-10(4)16(19(31)24-12(20(32)33)8-14(27)28)25-17(29)11(6-7-13(21)26)23-18(30)15(22)9(2)3;1-2(3)4/h9-12,15-16H,5-8,22H2,1-4H3,(H2,21,26)(H,23,30)(H,24,31)(H,25,29)(H,27,28)(H,32,33);1H3/t10-,11-,12-,15-,16-;/m0./s1. The van der Waals surface area contributed by atoms with Crippen molar-refractivity contribution in [2.24, 2.45) is 23.3 Å². The van der Waals surface area contributed by atoms with Crippen LogP contribution in [0.4, 0.5) is 4.39 Å². The Balaban J connectivity index is 0. The fourth-order valence-corrected chi connectivity index (χ4v) is 2.72. The molecule has 37 heavy (non-hydrogen) atoms. The van der Waals surface area contributed by atoms with Gasteiger partial charge in [-0.2, -0.15) is 4.39 Å². The number of primary amides is 1. The van der Waals surface area contributed by atoms with E-state index in [1.54, 1.807) is 27.7 Å². The molecule has 0 rings (SSSR count). The van der Waals surface area contributed by atoms with Crippen molar-refractivity contribution in [2.45, 2.75) is 84.5 Å². The average Bonchev–Trinajstić information content (AvgIpc) is 2.77. The third kappa shape index (κ3) is 15.9. The Kier molecular flexibility index (Phi) is 17.1. The predicted octanol–water partition coefficient (Wildman–Crippen LogP) is -1.20. The van der Waals surface area contributed by atoms with Crippen LogP contribution < -0.4 is 27.4 Å². The summed E-state index contributed by atoms with van der Waals surface area (Å²) in [5, 5.41) is 25.1. The molecule has 0 aromatic rings. The van der Waals surface area contributed by atoms with E-state index in [1.165, 1.54) is 0 Å². The van der Waals surface area contributed by atoms with Crippen molar-refractivity contribution in [3.05, 3.63) is 0 Å². The maximum absolute atomic E-state index is 12.9. The third-order valence-electron chi connectivity index (χ3n) is 5.12. The Morgan fingerprint density at radius 2 is 1.35 bits per heavy atom. The van der Waals surface area contributed by atoms with Gasteiger partial charge in [-0.1, -0.05) is 34.1 Å². The third-order valence-corrected chi connectivity index (χ3v) is 5.12. The summed E-state index contributed by atoms with van der Waals surface area (Å²) < 4.78 is 10.4. The number of nitrogens with two attached hydrogens (primary N) is 2. The summed E-state index contributed by atoms with van der Waals surface area (Å²) in [5.41, 5.74) is 10.9. The number of rotatable bonds is 15. The van der Waals surface area contributed by atoms with Gasteiger partial charge in [0.15, 0.2) is 0 Å². The lowest BCUT2D eigenvalue weighted by molar-refractivity contribution is -0.147. The van der Waals surface area contributed by atoms with Crippen molar-refractivity contribution in [2.75, 3.05) is 0 Å². The van der Waals surface area contributed by atoms with Gasteiger partial charge in [-0.25, -0.2) is 4.79 Å². The maximum Gasteiger partial charge on any atom is 0.326 e. The highest BCUT2D eigenvalue weighted by Gasteiger charge is 2.33.